The lowest BCUT2D eigenvalue weighted by Gasteiger charge is -2.01. The van der Waals surface area contributed by atoms with Crippen LogP contribution in [0.25, 0.3) is 11.5 Å². The number of amides is 2. The number of anilines is 1. The summed E-state index contributed by atoms with van der Waals surface area (Å²) in [5, 5.41) is 12.9. The van der Waals surface area contributed by atoms with E-state index in [0.717, 1.165) is 0 Å². The average Bonchev–Trinajstić information content (AvgIpc) is 3.23. The van der Waals surface area contributed by atoms with E-state index < -0.39 is 6.03 Å². The molecule has 118 valence electrons. The molecule has 0 radical (unpaired) electrons. The molecular formula is C13H14N8O2. The molecule has 3 aromatic heterocycles. The monoisotopic (exact) mass is 314 g/mol. The number of nitrogens with one attached hydrogen (secondary N) is 2. The van der Waals surface area contributed by atoms with Gasteiger partial charge in [0.2, 0.25) is 17.7 Å². The van der Waals surface area contributed by atoms with Crippen LogP contribution in [0.1, 0.15) is 12.8 Å². The summed E-state index contributed by atoms with van der Waals surface area (Å²) in [6.45, 7) is 2.68. The van der Waals surface area contributed by atoms with Crippen molar-refractivity contribution < 1.29 is 9.32 Å². The SMILES string of the molecule is CCn1cnc(NC(=O)NCc2nc(-c3ccccn3)no2)n1. The van der Waals surface area contributed by atoms with Crippen LogP contribution in [-0.2, 0) is 13.1 Å². The molecular weight excluding hydrogens is 300 g/mol. The maximum atomic E-state index is 11.7. The molecule has 0 fully saturated rings. The Hall–Kier alpha value is -3.30. The first kappa shape index (κ1) is 14.6. The highest BCUT2D eigenvalue weighted by molar-refractivity contribution is 5.87. The van der Waals surface area contributed by atoms with Crippen LogP contribution < -0.4 is 10.6 Å². The predicted molar refractivity (Wildman–Crippen MR) is 79.1 cm³/mol. The minimum absolute atomic E-state index is 0.0835. The number of nitrogens with zero attached hydrogens (tertiary/aromatic N) is 6. The zero-order valence-electron chi connectivity index (χ0n) is 12.3. The van der Waals surface area contributed by atoms with Crippen LogP contribution in [-0.4, -0.2) is 35.9 Å². The number of hydrogen-bond donors (Lipinski definition) is 2. The van der Waals surface area contributed by atoms with E-state index in [-0.39, 0.29) is 18.4 Å². The molecule has 0 unspecified atom stereocenters. The summed E-state index contributed by atoms with van der Waals surface area (Å²) in [5.41, 5.74) is 0.598. The molecule has 0 atom stereocenters. The zero-order valence-corrected chi connectivity index (χ0v) is 12.3. The fraction of sp³-hybridized carbons (Fsp3) is 0.231. The second-order valence-corrected chi connectivity index (χ2v) is 4.46. The molecule has 23 heavy (non-hydrogen) atoms. The molecule has 0 aliphatic carbocycles. The quantitative estimate of drug-likeness (QED) is 0.721. The topological polar surface area (TPSA) is 124 Å². The minimum atomic E-state index is -0.462. The number of carbonyl (C=O) groups is 1. The maximum Gasteiger partial charge on any atom is 0.322 e. The Morgan fingerprint density at radius 1 is 1.35 bits per heavy atom. The van der Waals surface area contributed by atoms with E-state index in [1.807, 2.05) is 13.0 Å². The number of urea groups is 1. The number of hydrogen-bond acceptors (Lipinski definition) is 7. The van der Waals surface area contributed by atoms with Gasteiger partial charge in [-0.05, 0) is 19.1 Å². The lowest BCUT2D eigenvalue weighted by molar-refractivity contribution is 0.249. The number of aromatic nitrogens is 6. The van der Waals surface area contributed by atoms with Crippen molar-refractivity contribution in [2.75, 3.05) is 5.32 Å². The van der Waals surface area contributed by atoms with Crippen LogP contribution in [0.4, 0.5) is 10.7 Å². The Labute approximate surface area is 130 Å². The highest BCUT2D eigenvalue weighted by Crippen LogP contribution is 2.11. The van der Waals surface area contributed by atoms with E-state index in [2.05, 4.69) is 35.8 Å². The van der Waals surface area contributed by atoms with Gasteiger partial charge in [0.15, 0.2) is 0 Å². The van der Waals surface area contributed by atoms with Crippen LogP contribution in [0, 0.1) is 0 Å². The summed E-state index contributed by atoms with van der Waals surface area (Å²) in [5.74, 6) is 0.864. The highest BCUT2D eigenvalue weighted by Gasteiger charge is 2.11. The standard InChI is InChI=1S/C13H14N8O2/c1-2-21-8-16-12(19-21)18-13(22)15-7-10-17-11(20-23-10)9-5-3-4-6-14-9/h3-6,8H,2,7H2,1H3,(H2,15,18,19,22). The molecule has 2 amide bonds. The summed E-state index contributed by atoms with van der Waals surface area (Å²) in [7, 11) is 0. The molecule has 0 bridgehead atoms. The Morgan fingerprint density at radius 2 is 2.26 bits per heavy atom. The van der Waals surface area contributed by atoms with Gasteiger partial charge in [0.1, 0.15) is 12.0 Å². The van der Waals surface area contributed by atoms with Gasteiger partial charge in [-0.15, -0.1) is 5.10 Å². The predicted octanol–water partition coefficient (Wildman–Crippen LogP) is 1.06. The summed E-state index contributed by atoms with van der Waals surface area (Å²) >= 11 is 0. The van der Waals surface area contributed by atoms with E-state index in [0.29, 0.717) is 18.1 Å². The molecule has 0 aliphatic rings. The molecule has 0 saturated heterocycles. The van der Waals surface area contributed by atoms with Crippen LogP contribution in [0.3, 0.4) is 0 Å². The van der Waals surface area contributed by atoms with Crippen molar-refractivity contribution in [2.24, 2.45) is 0 Å². The van der Waals surface area contributed by atoms with E-state index >= 15 is 0 Å². The first-order chi connectivity index (χ1) is 11.2. The van der Waals surface area contributed by atoms with E-state index in [1.54, 1.807) is 23.0 Å². The lowest BCUT2D eigenvalue weighted by Crippen LogP contribution is -2.28. The molecule has 3 heterocycles. The smallest absolute Gasteiger partial charge is 0.322 e. The molecule has 2 N–H and O–H groups in total. The Morgan fingerprint density at radius 3 is 3.00 bits per heavy atom. The molecule has 3 rings (SSSR count). The Balaban J connectivity index is 1.54. The Kier molecular flexibility index (Phi) is 4.22. The molecule has 10 heteroatoms. The van der Waals surface area contributed by atoms with Gasteiger partial charge >= 0.3 is 6.03 Å². The summed E-state index contributed by atoms with van der Waals surface area (Å²) < 4.78 is 6.67. The highest BCUT2D eigenvalue weighted by atomic mass is 16.5. The number of pyridine rings is 1. The normalized spacial score (nSPS) is 10.5. The summed E-state index contributed by atoms with van der Waals surface area (Å²) in [6, 6.07) is 4.93. The third kappa shape index (κ3) is 3.67. The van der Waals surface area contributed by atoms with Gasteiger partial charge in [-0.25, -0.2) is 9.78 Å². The van der Waals surface area contributed by atoms with Crippen LogP contribution in [0.2, 0.25) is 0 Å². The van der Waals surface area contributed by atoms with Crippen molar-refractivity contribution in [3.05, 3.63) is 36.6 Å². The van der Waals surface area contributed by atoms with Crippen molar-refractivity contribution in [2.45, 2.75) is 20.0 Å². The second kappa shape index (κ2) is 6.64. The molecule has 0 spiro atoms. The van der Waals surface area contributed by atoms with Gasteiger partial charge in [0, 0.05) is 12.7 Å². The third-order valence-electron chi connectivity index (χ3n) is 2.85. The van der Waals surface area contributed by atoms with Gasteiger partial charge in [-0.2, -0.15) is 4.98 Å². The number of aryl methyl sites for hydroxylation is 1. The zero-order chi connectivity index (χ0) is 16.1. The fourth-order valence-corrected chi connectivity index (χ4v) is 1.73. The van der Waals surface area contributed by atoms with Gasteiger partial charge < -0.3 is 9.84 Å². The van der Waals surface area contributed by atoms with Gasteiger partial charge in [-0.3, -0.25) is 15.0 Å². The number of carbonyl (C=O) groups excluding carboxylic acids is 1. The van der Waals surface area contributed by atoms with Crippen molar-refractivity contribution in [3.8, 4) is 11.5 Å². The van der Waals surface area contributed by atoms with E-state index in [1.165, 1.54) is 6.33 Å². The minimum Gasteiger partial charge on any atom is -0.337 e. The first-order valence-corrected chi connectivity index (χ1v) is 6.93. The average molecular weight is 314 g/mol. The van der Waals surface area contributed by atoms with Crippen LogP contribution in [0.15, 0.2) is 35.2 Å². The summed E-state index contributed by atoms with van der Waals surface area (Å²) in [4.78, 5) is 24.0. The third-order valence-corrected chi connectivity index (χ3v) is 2.85. The van der Waals surface area contributed by atoms with Crippen LogP contribution in [0.5, 0.6) is 0 Å². The molecule has 0 saturated carbocycles. The van der Waals surface area contributed by atoms with Crippen molar-refractivity contribution in [1.82, 2.24) is 35.2 Å². The molecule has 3 aromatic rings. The van der Waals surface area contributed by atoms with E-state index in [4.69, 9.17) is 4.52 Å². The molecule has 10 nitrogen and oxygen atoms in total. The van der Waals surface area contributed by atoms with Crippen molar-refractivity contribution >= 4 is 12.0 Å². The van der Waals surface area contributed by atoms with Gasteiger partial charge in [0.25, 0.3) is 0 Å². The molecule has 0 aliphatic heterocycles. The van der Waals surface area contributed by atoms with Crippen molar-refractivity contribution in [1.29, 1.82) is 0 Å². The lowest BCUT2D eigenvalue weighted by atomic mass is 10.3. The van der Waals surface area contributed by atoms with Crippen LogP contribution >= 0.6 is 0 Å². The van der Waals surface area contributed by atoms with Crippen molar-refractivity contribution in [3.63, 3.8) is 0 Å². The van der Waals surface area contributed by atoms with Gasteiger partial charge in [-0.1, -0.05) is 11.2 Å². The number of rotatable bonds is 5. The first-order valence-electron chi connectivity index (χ1n) is 6.93. The maximum absolute atomic E-state index is 11.7. The summed E-state index contributed by atoms with van der Waals surface area (Å²) in [6.07, 6.45) is 3.17. The van der Waals surface area contributed by atoms with E-state index in [9.17, 15) is 4.79 Å². The van der Waals surface area contributed by atoms with Gasteiger partial charge in [0.05, 0.1) is 6.54 Å². The fourth-order valence-electron chi connectivity index (χ4n) is 1.73. The largest absolute Gasteiger partial charge is 0.337 e. The second-order valence-electron chi connectivity index (χ2n) is 4.46. The Bertz CT molecular complexity index is 782. The molecule has 0 aromatic carbocycles.